The molecule has 0 bridgehead atoms. The molecule has 2 fully saturated rings. The topological polar surface area (TPSA) is 66.0 Å². The average Bonchev–Trinajstić information content (AvgIpc) is 2.69. The summed E-state index contributed by atoms with van der Waals surface area (Å²) in [4.78, 5) is 13.0. The summed E-state index contributed by atoms with van der Waals surface area (Å²) in [6.45, 7) is 6.55. The standard InChI is InChI=1S/C21H31NO5/c1-21(2,27-19-7-5-4-6-18(19)24-3)20(23)22-17-10-13-26-14-16(17)15-8-11-25-12-9-15/h4-7,15-17H,8-14H2,1-3H3,(H,22,23)/t16-,17-/m0/s1. The molecular weight excluding hydrogens is 346 g/mol. The highest BCUT2D eigenvalue weighted by Gasteiger charge is 2.38. The van der Waals surface area contributed by atoms with Crippen LogP contribution in [0.4, 0.5) is 0 Å². The normalized spacial score (nSPS) is 24.3. The first-order chi connectivity index (χ1) is 13.0. The molecule has 6 nitrogen and oxygen atoms in total. The van der Waals surface area contributed by atoms with Crippen LogP contribution in [0.3, 0.4) is 0 Å². The Morgan fingerprint density at radius 1 is 1.07 bits per heavy atom. The fourth-order valence-electron chi connectivity index (χ4n) is 3.91. The largest absolute Gasteiger partial charge is 0.493 e. The van der Waals surface area contributed by atoms with Crippen molar-refractivity contribution in [3.05, 3.63) is 24.3 Å². The molecule has 2 heterocycles. The van der Waals surface area contributed by atoms with Crippen molar-refractivity contribution in [3.63, 3.8) is 0 Å². The highest BCUT2D eigenvalue weighted by Crippen LogP contribution is 2.32. The molecule has 0 saturated carbocycles. The summed E-state index contributed by atoms with van der Waals surface area (Å²) in [6.07, 6.45) is 2.89. The second-order valence-corrected chi connectivity index (χ2v) is 7.82. The lowest BCUT2D eigenvalue weighted by Crippen LogP contribution is -2.55. The number of amides is 1. The van der Waals surface area contributed by atoms with E-state index < -0.39 is 5.60 Å². The molecule has 1 amide bonds. The van der Waals surface area contributed by atoms with E-state index in [0.29, 0.717) is 36.5 Å². The van der Waals surface area contributed by atoms with Gasteiger partial charge in [-0.15, -0.1) is 0 Å². The summed E-state index contributed by atoms with van der Waals surface area (Å²) < 4.78 is 22.6. The van der Waals surface area contributed by atoms with Crippen molar-refractivity contribution < 1.29 is 23.7 Å². The first kappa shape index (κ1) is 20.0. The maximum absolute atomic E-state index is 13.0. The smallest absolute Gasteiger partial charge is 0.263 e. The molecule has 6 heteroatoms. The summed E-state index contributed by atoms with van der Waals surface area (Å²) in [5.41, 5.74) is -1.01. The van der Waals surface area contributed by atoms with Crippen molar-refractivity contribution >= 4 is 5.91 Å². The van der Waals surface area contributed by atoms with Gasteiger partial charge in [0.25, 0.3) is 5.91 Å². The lowest BCUT2D eigenvalue weighted by atomic mass is 9.79. The SMILES string of the molecule is COc1ccccc1OC(C)(C)C(=O)N[C@H]1CCOC[C@H]1C1CCOCC1. The van der Waals surface area contributed by atoms with Crippen LogP contribution in [0.25, 0.3) is 0 Å². The third-order valence-corrected chi connectivity index (χ3v) is 5.57. The molecule has 0 spiro atoms. The molecule has 1 aromatic carbocycles. The maximum atomic E-state index is 13.0. The molecule has 3 rings (SSSR count). The van der Waals surface area contributed by atoms with Gasteiger partial charge in [0, 0.05) is 31.8 Å². The average molecular weight is 377 g/mol. The van der Waals surface area contributed by atoms with Crippen LogP contribution >= 0.6 is 0 Å². The van der Waals surface area contributed by atoms with Crippen molar-refractivity contribution in [2.75, 3.05) is 33.5 Å². The minimum atomic E-state index is -1.01. The van der Waals surface area contributed by atoms with Gasteiger partial charge < -0.3 is 24.3 Å². The van der Waals surface area contributed by atoms with E-state index in [2.05, 4.69) is 5.32 Å². The van der Waals surface area contributed by atoms with Crippen molar-refractivity contribution in [1.29, 1.82) is 0 Å². The van der Waals surface area contributed by atoms with Crippen LogP contribution in [0, 0.1) is 11.8 Å². The van der Waals surface area contributed by atoms with Gasteiger partial charge in [0.15, 0.2) is 17.1 Å². The molecular formula is C21H31NO5. The van der Waals surface area contributed by atoms with Gasteiger partial charge in [0.05, 0.1) is 13.7 Å². The minimum absolute atomic E-state index is 0.106. The third kappa shape index (κ3) is 4.93. The molecule has 0 unspecified atom stereocenters. The summed E-state index contributed by atoms with van der Waals surface area (Å²) in [7, 11) is 1.59. The zero-order valence-electron chi connectivity index (χ0n) is 16.5. The number of carbonyl (C=O) groups excluding carboxylic acids is 1. The number of para-hydroxylation sites is 2. The highest BCUT2D eigenvalue weighted by molar-refractivity contribution is 5.85. The number of rotatable bonds is 6. The van der Waals surface area contributed by atoms with E-state index in [9.17, 15) is 4.79 Å². The fraction of sp³-hybridized carbons (Fsp3) is 0.667. The van der Waals surface area contributed by atoms with Gasteiger partial charge in [-0.2, -0.15) is 0 Å². The minimum Gasteiger partial charge on any atom is -0.493 e. The van der Waals surface area contributed by atoms with E-state index >= 15 is 0 Å². The van der Waals surface area contributed by atoms with Crippen LogP contribution in [0.15, 0.2) is 24.3 Å². The Kier molecular flexibility index (Phi) is 6.60. The molecule has 1 N–H and O–H groups in total. The van der Waals surface area contributed by atoms with Gasteiger partial charge in [0.1, 0.15) is 0 Å². The lowest BCUT2D eigenvalue weighted by Gasteiger charge is -2.40. The number of carbonyl (C=O) groups is 1. The lowest BCUT2D eigenvalue weighted by molar-refractivity contribution is -0.137. The third-order valence-electron chi connectivity index (χ3n) is 5.57. The molecule has 2 saturated heterocycles. The number of ether oxygens (including phenoxy) is 4. The van der Waals surface area contributed by atoms with Crippen LogP contribution in [0.5, 0.6) is 11.5 Å². The van der Waals surface area contributed by atoms with Gasteiger partial charge in [0.2, 0.25) is 0 Å². The number of benzene rings is 1. The Labute approximate surface area is 161 Å². The summed E-state index contributed by atoms with van der Waals surface area (Å²) in [6, 6.07) is 7.48. The summed E-state index contributed by atoms with van der Waals surface area (Å²) in [5.74, 6) is 1.92. The maximum Gasteiger partial charge on any atom is 0.263 e. The van der Waals surface area contributed by atoms with Crippen LogP contribution in [-0.4, -0.2) is 51.1 Å². The molecule has 150 valence electrons. The van der Waals surface area contributed by atoms with Crippen molar-refractivity contribution in [3.8, 4) is 11.5 Å². The number of methoxy groups -OCH3 is 1. The Bertz CT molecular complexity index is 627. The van der Waals surface area contributed by atoms with Crippen molar-refractivity contribution in [1.82, 2.24) is 5.32 Å². The Balaban J connectivity index is 1.66. The fourth-order valence-corrected chi connectivity index (χ4v) is 3.91. The molecule has 0 aromatic heterocycles. The van der Waals surface area contributed by atoms with E-state index in [-0.39, 0.29) is 11.9 Å². The molecule has 0 aliphatic carbocycles. The van der Waals surface area contributed by atoms with E-state index in [4.69, 9.17) is 18.9 Å². The van der Waals surface area contributed by atoms with E-state index in [1.54, 1.807) is 21.0 Å². The molecule has 0 radical (unpaired) electrons. The van der Waals surface area contributed by atoms with E-state index in [1.165, 1.54) is 0 Å². The van der Waals surface area contributed by atoms with Gasteiger partial charge in [-0.3, -0.25) is 4.79 Å². The molecule has 2 atom stereocenters. The summed E-state index contributed by atoms with van der Waals surface area (Å²) in [5, 5.41) is 3.24. The predicted octanol–water partition coefficient (Wildman–Crippen LogP) is 2.80. The number of hydrogen-bond donors (Lipinski definition) is 1. The molecule has 2 aliphatic heterocycles. The number of hydrogen-bond acceptors (Lipinski definition) is 5. The van der Waals surface area contributed by atoms with Crippen LogP contribution in [0.1, 0.15) is 33.1 Å². The summed E-state index contributed by atoms with van der Waals surface area (Å²) >= 11 is 0. The van der Waals surface area contributed by atoms with Crippen LogP contribution < -0.4 is 14.8 Å². The molecule has 1 aromatic rings. The molecule has 2 aliphatic rings. The highest BCUT2D eigenvalue weighted by atomic mass is 16.5. The van der Waals surface area contributed by atoms with Gasteiger partial charge in [-0.1, -0.05) is 12.1 Å². The van der Waals surface area contributed by atoms with E-state index in [1.807, 2.05) is 24.3 Å². The van der Waals surface area contributed by atoms with Gasteiger partial charge in [-0.05, 0) is 51.2 Å². The first-order valence-corrected chi connectivity index (χ1v) is 9.80. The Hall–Kier alpha value is -1.79. The first-order valence-electron chi connectivity index (χ1n) is 9.80. The second kappa shape index (κ2) is 8.93. The van der Waals surface area contributed by atoms with Crippen LogP contribution in [0.2, 0.25) is 0 Å². The van der Waals surface area contributed by atoms with Gasteiger partial charge in [-0.25, -0.2) is 0 Å². The van der Waals surface area contributed by atoms with E-state index in [0.717, 1.165) is 32.5 Å². The Morgan fingerprint density at radius 2 is 1.74 bits per heavy atom. The number of nitrogens with one attached hydrogen (secondary N) is 1. The van der Waals surface area contributed by atoms with Gasteiger partial charge >= 0.3 is 0 Å². The zero-order chi connectivity index (χ0) is 19.3. The van der Waals surface area contributed by atoms with Crippen LogP contribution in [-0.2, 0) is 14.3 Å². The monoisotopic (exact) mass is 377 g/mol. The van der Waals surface area contributed by atoms with Crippen molar-refractivity contribution in [2.45, 2.75) is 44.8 Å². The predicted molar refractivity (Wildman–Crippen MR) is 102 cm³/mol. The zero-order valence-corrected chi connectivity index (χ0v) is 16.5. The Morgan fingerprint density at radius 3 is 2.44 bits per heavy atom. The quantitative estimate of drug-likeness (QED) is 0.826. The molecule has 27 heavy (non-hydrogen) atoms. The van der Waals surface area contributed by atoms with Crippen molar-refractivity contribution in [2.24, 2.45) is 11.8 Å². The second-order valence-electron chi connectivity index (χ2n) is 7.82.